The summed E-state index contributed by atoms with van der Waals surface area (Å²) < 4.78 is 1.66. The second kappa shape index (κ2) is 5.88. The number of carbonyl (C=O) groups excluding carboxylic acids is 1. The normalized spacial score (nSPS) is 12.3. The third-order valence-corrected chi connectivity index (χ3v) is 3.56. The van der Waals surface area contributed by atoms with Crippen molar-refractivity contribution in [3.8, 4) is 0 Å². The van der Waals surface area contributed by atoms with Crippen LogP contribution in [-0.2, 0) is 13.0 Å². The lowest BCUT2D eigenvalue weighted by Gasteiger charge is -2.12. The predicted molar refractivity (Wildman–Crippen MR) is 77.3 cm³/mol. The molecular weight excluding hydrogens is 260 g/mol. The van der Waals surface area contributed by atoms with E-state index in [1.54, 1.807) is 22.2 Å². The number of hydrogen-bond donors (Lipinski definition) is 2. The highest BCUT2D eigenvalue weighted by Crippen LogP contribution is 2.11. The van der Waals surface area contributed by atoms with Crippen LogP contribution in [-0.4, -0.2) is 21.7 Å². The number of nitrogens with one attached hydrogen (secondary N) is 1. The van der Waals surface area contributed by atoms with Crippen LogP contribution in [0.25, 0.3) is 0 Å². The van der Waals surface area contributed by atoms with Crippen LogP contribution in [0, 0.1) is 0 Å². The number of rotatable bonds is 5. The zero-order valence-corrected chi connectivity index (χ0v) is 11.9. The Morgan fingerprint density at radius 2 is 2.42 bits per heavy atom. The lowest BCUT2D eigenvalue weighted by Crippen LogP contribution is -2.34. The van der Waals surface area contributed by atoms with E-state index in [-0.39, 0.29) is 11.9 Å². The molecule has 1 unspecified atom stereocenters. The van der Waals surface area contributed by atoms with E-state index in [4.69, 9.17) is 5.73 Å². The van der Waals surface area contributed by atoms with Gasteiger partial charge < -0.3 is 11.1 Å². The Bertz CT molecular complexity index is 547. The molecule has 2 heterocycles. The van der Waals surface area contributed by atoms with E-state index in [0.717, 1.165) is 6.42 Å². The van der Waals surface area contributed by atoms with Crippen LogP contribution in [0.5, 0.6) is 0 Å². The number of nitrogen functional groups attached to an aromatic ring is 1. The summed E-state index contributed by atoms with van der Waals surface area (Å²) in [4.78, 5) is 12.1. The van der Waals surface area contributed by atoms with Gasteiger partial charge in [0.05, 0.1) is 5.69 Å². The summed E-state index contributed by atoms with van der Waals surface area (Å²) in [7, 11) is 0. The molecule has 19 heavy (non-hydrogen) atoms. The summed E-state index contributed by atoms with van der Waals surface area (Å²) in [6, 6.07) is 2.11. The number of anilines is 1. The highest BCUT2D eigenvalue weighted by Gasteiger charge is 2.16. The van der Waals surface area contributed by atoms with Crippen LogP contribution < -0.4 is 11.1 Å². The zero-order valence-electron chi connectivity index (χ0n) is 11.1. The Labute approximate surface area is 116 Å². The van der Waals surface area contributed by atoms with Gasteiger partial charge >= 0.3 is 0 Å². The molecule has 2 rings (SSSR count). The van der Waals surface area contributed by atoms with Gasteiger partial charge in [-0.2, -0.15) is 16.4 Å². The van der Waals surface area contributed by atoms with Crippen LogP contribution in [0.3, 0.4) is 0 Å². The highest BCUT2D eigenvalue weighted by molar-refractivity contribution is 7.07. The highest BCUT2D eigenvalue weighted by atomic mass is 32.1. The van der Waals surface area contributed by atoms with Crippen molar-refractivity contribution in [3.05, 3.63) is 34.3 Å². The van der Waals surface area contributed by atoms with Crippen LogP contribution in [0.1, 0.15) is 29.9 Å². The smallest absolute Gasteiger partial charge is 0.274 e. The molecule has 0 aromatic carbocycles. The first kappa shape index (κ1) is 13.6. The number of hydrogen-bond acceptors (Lipinski definition) is 4. The maximum atomic E-state index is 12.1. The third-order valence-electron chi connectivity index (χ3n) is 2.83. The van der Waals surface area contributed by atoms with E-state index in [1.807, 2.05) is 19.2 Å². The number of aryl methyl sites for hydroxylation is 1. The Morgan fingerprint density at radius 1 is 1.63 bits per heavy atom. The first-order valence-corrected chi connectivity index (χ1v) is 7.19. The van der Waals surface area contributed by atoms with Crippen LogP contribution >= 0.6 is 11.3 Å². The fourth-order valence-corrected chi connectivity index (χ4v) is 2.56. The molecule has 2 aromatic heterocycles. The van der Waals surface area contributed by atoms with Crippen LogP contribution in [0.2, 0.25) is 0 Å². The number of thiophene rings is 1. The average molecular weight is 278 g/mol. The summed E-state index contributed by atoms with van der Waals surface area (Å²) in [6.07, 6.45) is 2.49. The molecular formula is C13H18N4OS. The SMILES string of the molecule is CCn1cc(N)c(C(=O)NC(C)Cc2ccsc2)n1. The first-order valence-electron chi connectivity index (χ1n) is 6.25. The Hall–Kier alpha value is -1.82. The van der Waals surface area contributed by atoms with E-state index in [0.29, 0.717) is 17.9 Å². The molecule has 1 atom stereocenters. The molecule has 2 aromatic rings. The average Bonchev–Trinajstić information content (AvgIpc) is 2.98. The van der Waals surface area contributed by atoms with Crippen molar-refractivity contribution in [1.82, 2.24) is 15.1 Å². The van der Waals surface area contributed by atoms with Crippen molar-refractivity contribution in [3.63, 3.8) is 0 Å². The van der Waals surface area contributed by atoms with Crippen molar-refractivity contribution in [2.24, 2.45) is 0 Å². The van der Waals surface area contributed by atoms with Crippen LogP contribution in [0.15, 0.2) is 23.0 Å². The van der Waals surface area contributed by atoms with Crippen molar-refractivity contribution < 1.29 is 4.79 Å². The van der Waals surface area contributed by atoms with E-state index in [9.17, 15) is 4.79 Å². The molecule has 0 saturated heterocycles. The minimum absolute atomic E-state index is 0.0493. The molecule has 5 nitrogen and oxygen atoms in total. The quantitative estimate of drug-likeness (QED) is 0.877. The van der Waals surface area contributed by atoms with Crippen molar-refractivity contribution in [1.29, 1.82) is 0 Å². The Morgan fingerprint density at radius 3 is 3.00 bits per heavy atom. The van der Waals surface area contributed by atoms with Gasteiger partial charge in [0.15, 0.2) is 5.69 Å². The van der Waals surface area contributed by atoms with Gasteiger partial charge in [-0.05, 0) is 42.7 Å². The summed E-state index contributed by atoms with van der Waals surface area (Å²) in [5.74, 6) is -0.215. The molecule has 0 aliphatic heterocycles. The van der Waals surface area contributed by atoms with Gasteiger partial charge in [0, 0.05) is 18.8 Å². The molecule has 6 heteroatoms. The van der Waals surface area contributed by atoms with Gasteiger partial charge in [0.1, 0.15) is 0 Å². The number of nitrogens with zero attached hydrogens (tertiary/aromatic N) is 2. The van der Waals surface area contributed by atoms with Crippen LogP contribution in [0.4, 0.5) is 5.69 Å². The second-order valence-corrected chi connectivity index (χ2v) is 5.28. The number of amides is 1. The summed E-state index contributed by atoms with van der Waals surface area (Å²) in [5, 5.41) is 11.2. The molecule has 102 valence electrons. The lowest BCUT2D eigenvalue weighted by molar-refractivity contribution is 0.0935. The molecule has 1 amide bonds. The maximum absolute atomic E-state index is 12.1. The molecule has 0 radical (unpaired) electrons. The second-order valence-electron chi connectivity index (χ2n) is 4.50. The largest absolute Gasteiger partial charge is 0.396 e. The third kappa shape index (κ3) is 3.35. The van der Waals surface area contributed by atoms with Gasteiger partial charge in [-0.3, -0.25) is 9.48 Å². The number of carbonyl (C=O) groups is 1. The molecule has 0 fully saturated rings. The van der Waals surface area contributed by atoms with Gasteiger partial charge in [-0.1, -0.05) is 0 Å². The Kier molecular flexibility index (Phi) is 4.21. The lowest BCUT2D eigenvalue weighted by atomic mass is 10.1. The standard InChI is InChI=1S/C13H18N4OS/c1-3-17-7-11(14)12(16-17)13(18)15-9(2)6-10-4-5-19-8-10/h4-5,7-9H,3,6,14H2,1-2H3,(H,15,18). The zero-order chi connectivity index (χ0) is 13.8. The monoisotopic (exact) mass is 278 g/mol. The molecule has 3 N–H and O–H groups in total. The topological polar surface area (TPSA) is 72.9 Å². The molecule has 0 aliphatic carbocycles. The number of aromatic nitrogens is 2. The first-order chi connectivity index (χ1) is 9.10. The molecule has 0 bridgehead atoms. The fraction of sp³-hybridized carbons (Fsp3) is 0.385. The maximum Gasteiger partial charge on any atom is 0.274 e. The van der Waals surface area contributed by atoms with Gasteiger partial charge in [0.2, 0.25) is 0 Å². The van der Waals surface area contributed by atoms with Gasteiger partial charge in [-0.25, -0.2) is 0 Å². The van der Waals surface area contributed by atoms with Gasteiger partial charge in [0.25, 0.3) is 5.91 Å². The van der Waals surface area contributed by atoms with Crippen molar-refractivity contribution >= 4 is 22.9 Å². The van der Waals surface area contributed by atoms with Gasteiger partial charge in [-0.15, -0.1) is 0 Å². The summed E-state index contributed by atoms with van der Waals surface area (Å²) >= 11 is 1.66. The van der Waals surface area contributed by atoms with E-state index in [1.165, 1.54) is 5.56 Å². The predicted octanol–water partition coefficient (Wildman–Crippen LogP) is 1.91. The van der Waals surface area contributed by atoms with E-state index >= 15 is 0 Å². The van der Waals surface area contributed by atoms with Crippen molar-refractivity contribution in [2.45, 2.75) is 32.9 Å². The molecule has 0 aliphatic rings. The Balaban J connectivity index is 1.98. The minimum atomic E-state index is -0.215. The van der Waals surface area contributed by atoms with E-state index in [2.05, 4.69) is 21.9 Å². The summed E-state index contributed by atoms with van der Waals surface area (Å²) in [6.45, 7) is 4.62. The minimum Gasteiger partial charge on any atom is -0.396 e. The van der Waals surface area contributed by atoms with Crippen molar-refractivity contribution in [2.75, 3.05) is 5.73 Å². The molecule has 0 saturated carbocycles. The summed E-state index contributed by atoms with van der Waals surface area (Å²) in [5.41, 5.74) is 7.74. The molecule has 0 spiro atoms. The van der Waals surface area contributed by atoms with E-state index < -0.39 is 0 Å². The fourth-order valence-electron chi connectivity index (χ4n) is 1.88. The number of nitrogens with two attached hydrogens (primary N) is 1.